The number of H-pyrrole nitrogens is 1. The second-order valence-corrected chi connectivity index (χ2v) is 5.71. The van der Waals surface area contributed by atoms with E-state index in [4.69, 9.17) is 5.73 Å². The largest absolute Gasteiger partial charge is 0.399 e. The molecule has 0 fully saturated rings. The van der Waals surface area contributed by atoms with Crippen molar-refractivity contribution in [3.63, 3.8) is 0 Å². The van der Waals surface area contributed by atoms with E-state index in [9.17, 15) is 9.18 Å². The van der Waals surface area contributed by atoms with Crippen LogP contribution in [0.3, 0.4) is 0 Å². The number of hydrogen-bond donors (Lipinski definition) is 2. The van der Waals surface area contributed by atoms with Crippen LogP contribution in [-0.2, 0) is 6.54 Å². The number of nitrogen functional groups attached to an aromatic ring is 1. The molecule has 6 nitrogen and oxygen atoms in total. The number of nitrogens with one attached hydrogen (secondary N) is 1. The second-order valence-electron chi connectivity index (χ2n) is 5.71. The fourth-order valence-corrected chi connectivity index (χ4v) is 2.76. The number of anilines is 1. The molecule has 0 radical (unpaired) electrons. The van der Waals surface area contributed by atoms with Crippen molar-refractivity contribution in [2.45, 2.75) is 6.54 Å². The molecular formula is C18H14FN5O. The van der Waals surface area contributed by atoms with Gasteiger partial charge in [-0.2, -0.15) is 0 Å². The van der Waals surface area contributed by atoms with Crippen LogP contribution in [0.1, 0.15) is 5.56 Å². The summed E-state index contributed by atoms with van der Waals surface area (Å²) < 4.78 is 15.0. The van der Waals surface area contributed by atoms with E-state index in [1.54, 1.807) is 34.9 Å². The monoisotopic (exact) mass is 335 g/mol. The highest BCUT2D eigenvalue weighted by molar-refractivity contribution is 5.73. The van der Waals surface area contributed by atoms with Crippen LogP contribution < -0.4 is 11.3 Å². The van der Waals surface area contributed by atoms with Gasteiger partial charge in [0.1, 0.15) is 11.6 Å². The number of halogens is 1. The number of benzene rings is 2. The van der Waals surface area contributed by atoms with E-state index < -0.39 is 0 Å². The number of nitrogens with two attached hydrogens (primary N) is 1. The fraction of sp³-hybridized carbons (Fsp3) is 0.0556. The van der Waals surface area contributed by atoms with Crippen molar-refractivity contribution in [3.8, 4) is 11.4 Å². The lowest BCUT2D eigenvalue weighted by Crippen LogP contribution is -2.13. The highest BCUT2D eigenvalue weighted by Gasteiger charge is 2.12. The SMILES string of the molecule is Nc1cccc(-c2nc3ncn(Cc4cccc(F)c4)c3c(=O)[nH]2)c1. The van der Waals surface area contributed by atoms with Crippen LogP contribution in [0.15, 0.2) is 59.7 Å². The van der Waals surface area contributed by atoms with Crippen molar-refractivity contribution in [1.82, 2.24) is 19.5 Å². The molecule has 0 atom stereocenters. The molecule has 0 saturated carbocycles. The van der Waals surface area contributed by atoms with Crippen molar-refractivity contribution >= 4 is 16.9 Å². The van der Waals surface area contributed by atoms with Crippen LogP contribution in [0.2, 0.25) is 0 Å². The standard InChI is InChI=1S/C18H14FN5O/c19-13-5-1-3-11(7-13)9-24-10-21-17-15(24)18(25)23-16(22-17)12-4-2-6-14(20)8-12/h1-8,10H,9,20H2,(H,22,23,25). The second kappa shape index (κ2) is 5.86. The Balaban J connectivity index is 1.78. The molecule has 124 valence electrons. The summed E-state index contributed by atoms with van der Waals surface area (Å²) in [6.07, 6.45) is 1.53. The minimum atomic E-state index is -0.321. The predicted octanol–water partition coefficient (Wildman–Crippen LogP) is 2.56. The zero-order valence-corrected chi connectivity index (χ0v) is 13.1. The van der Waals surface area contributed by atoms with E-state index >= 15 is 0 Å². The van der Waals surface area contributed by atoms with E-state index in [1.807, 2.05) is 6.07 Å². The maximum atomic E-state index is 13.3. The lowest BCUT2D eigenvalue weighted by molar-refractivity contribution is 0.624. The first kappa shape index (κ1) is 15.1. The number of imidazole rings is 1. The molecule has 2 aromatic carbocycles. The molecule has 4 rings (SSSR count). The van der Waals surface area contributed by atoms with Crippen LogP contribution in [0, 0.1) is 5.82 Å². The molecule has 25 heavy (non-hydrogen) atoms. The van der Waals surface area contributed by atoms with Crippen LogP contribution in [0.4, 0.5) is 10.1 Å². The third kappa shape index (κ3) is 2.87. The van der Waals surface area contributed by atoms with Gasteiger partial charge >= 0.3 is 0 Å². The number of rotatable bonds is 3. The van der Waals surface area contributed by atoms with Gasteiger partial charge in [0, 0.05) is 17.8 Å². The molecular weight excluding hydrogens is 321 g/mol. The minimum Gasteiger partial charge on any atom is -0.399 e. The van der Waals surface area contributed by atoms with Crippen molar-refractivity contribution in [2.75, 3.05) is 5.73 Å². The van der Waals surface area contributed by atoms with Gasteiger partial charge in [0.25, 0.3) is 5.56 Å². The quantitative estimate of drug-likeness (QED) is 0.563. The first-order valence-electron chi connectivity index (χ1n) is 7.66. The van der Waals surface area contributed by atoms with Crippen LogP contribution in [0.5, 0.6) is 0 Å². The van der Waals surface area contributed by atoms with Crippen LogP contribution in [0.25, 0.3) is 22.6 Å². The lowest BCUT2D eigenvalue weighted by Gasteiger charge is -2.05. The molecule has 0 aliphatic rings. The molecule has 7 heteroatoms. The van der Waals surface area contributed by atoms with Crippen molar-refractivity contribution in [1.29, 1.82) is 0 Å². The zero-order valence-electron chi connectivity index (χ0n) is 13.1. The number of aromatic nitrogens is 4. The molecule has 0 spiro atoms. The van der Waals surface area contributed by atoms with E-state index in [-0.39, 0.29) is 11.4 Å². The predicted molar refractivity (Wildman–Crippen MR) is 93.5 cm³/mol. The van der Waals surface area contributed by atoms with Gasteiger partial charge in [-0.3, -0.25) is 4.79 Å². The highest BCUT2D eigenvalue weighted by Crippen LogP contribution is 2.18. The number of nitrogens with zero attached hydrogens (tertiary/aromatic N) is 3. The summed E-state index contributed by atoms with van der Waals surface area (Å²) in [5.41, 5.74) is 8.17. The summed E-state index contributed by atoms with van der Waals surface area (Å²) in [4.78, 5) is 23.9. The summed E-state index contributed by atoms with van der Waals surface area (Å²) >= 11 is 0. The third-order valence-electron chi connectivity index (χ3n) is 3.89. The highest BCUT2D eigenvalue weighted by atomic mass is 19.1. The first-order chi connectivity index (χ1) is 12.1. The van der Waals surface area contributed by atoms with Gasteiger partial charge < -0.3 is 15.3 Å². The van der Waals surface area contributed by atoms with Crippen LogP contribution in [-0.4, -0.2) is 19.5 Å². The third-order valence-corrected chi connectivity index (χ3v) is 3.89. The van der Waals surface area contributed by atoms with Gasteiger partial charge in [0.15, 0.2) is 11.2 Å². The summed E-state index contributed by atoms with van der Waals surface area (Å²) in [7, 11) is 0. The Morgan fingerprint density at radius 3 is 2.80 bits per heavy atom. The summed E-state index contributed by atoms with van der Waals surface area (Å²) in [6, 6.07) is 13.3. The fourth-order valence-electron chi connectivity index (χ4n) is 2.76. The average molecular weight is 335 g/mol. The van der Waals surface area contributed by atoms with Gasteiger partial charge in [0.05, 0.1) is 6.33 Å². The maximum Gasteiger partial charge on any atom is 0.277 e. The minimum absolute atomic E-state index is 0.309. The van der Waals surface area contributed by atoms with E-state index in [1.165, 1.54) is 18.5 Å². The number of hydrogen-bond acceptors (Lipinski definition) is 4. The topological polar surface area (TPSA) is 89.6 Å². The van der Waals surface area contributed by atoms with Gasteiger partial charge in [-0.25, -0.2) is 14.4 Å². The Bertz CT molecular complexity index is 1130. The summed E-state index contributed by atoms with van der Waals surface area (Å²) in [5, 5.41) is 0. The van der Waals surface area contributed by atoms with E-state index in [0.717, 1.165) is 5.56 Å². The first-order valence-corrected chi connectivity index (χ1v) is 7.66. The molecule has 4 aromatic rings. The molecule has 0 aliphatic heterocycles. The molecule has 0 unspecified atom stereocenters. The molecule has 3 N–H and O–H groups in total. The summed E-state index contributed by atoms with van der Waals surface area (Å²) in [6.45, 7) is 0.330. The van der Waals surface area contributed by atoms with Crippen LogP contribution >= 0.6 is 0 Å². The Kier molecular flexibility index (Phi) is 3.53. The molecule has 0 aliphatic carbocycles. The van der Waals surface area contributed by atoms with E-state index in [2.05, 4.69) is 15.0 Å². The van der Waals surface area contributed by atoms with E-state index in [0.29, 0.717) is 34.8 Å². The Morgan fingerprint density at radius 2 is 2.00 bits per heavy atom. The number of aromatic amines is 1. The Morgan fingerprint density at radius 1 is 1.16 bits per heavy atom. The molecule has 0 saturated heterocycles. The Hall–Kier alpha value is -3.48. The average Bonchev–Trinajstić information content (AvgIpc) is 2.98. The maximum absolute atomic E-state index is 13.3. The van der Waals surface area contributed by atoms with Gasteiger partial charge in [-0.05, 0) is 29.8 Å². The summed E-state index contributed by atoms with van der Waals surface area (Å²) in [5.74, 6) is 0.0821. The van der Waals surface area contributed by atoms with Gasteiger partial charge in [0.2, 0.25) is 0 Å². The molecule has 2 heterocycles. The van der Waals surface area contributed by atoms with Crippen molar-refractivity contribution < 1.29 is 4.39 Å². The molecule has 2 aromatic heterocycles. The zero-order chi connectivity index (χ0) is 17.4. The van der Waals surface area contributed by atoms with Gasteiger partial charge in [-0.1, -0.05) is 24.3 Å². The Labute approximate surface area is 141 Å². The van der Waals surface area contributed by atoms with Gasteiger partial charge in [-0.15, -0.1) is 0 Å². The van der Waals surface area contributed by atoms with Crippen molar-refractivity contribution in [3.05, 3.63) is 76.6 Å². The lowest BCUT2D eigenvalue weighted by atomic mass is 10.2. The molecule has 0 amide bonds. The normalized spacial score (nSPS) is 11.1. The number of fused-ring (bicyclic) bond motifs is 1. The molecule has 0 bridgehead atoms. The van der Waals surface area contributed by atoms with Crippen molar-refractivity contribution in [2.24, 2.45) is 0 Å². The smallest absolute Gasteiger partial charge is 0.277 e.